The molecule has 0 saturated carbocycles. The Kier molecular flexibility index (Phi) is 14.7. The van der Waals surface area contributed by atoms with Gasteiger partial charge in [0.15, 0.2) is 0 Å². The van der Waals surface area contributed by atoms with Gasteiger partial charge in [-0.1, -0.05) is 78.6 Å². The Morgan fingerprint density at radius 2 is 0.741 bits per heavy atom. The van der Waals surface area contributed by atoms with E-state index >= 15 is 0 Å². The van der Waals surface area contributed by atoms with Crippen molar-refractivity contribution in [2.75, 3.05) is 19.8 Å². The molecule has 0 bridgehead atoms. The molecule has 1 rings (SSSR count). The lowest BCUT2D eigenvalue weighted by Gasteiger charge is -2.13. The van der Waals surface area contributed by atoms with Gasteiger partial charge in [-0.2, -0.15) is 0 Å². The molecule has 0 N–H and O–H groups in total. The molecule has 0 amide bonds. The van der Waals surface area contributed by atoms with Crippen molar-refractivity contribution in [2.45, 2.75) is 97.8 Å². The van der Waals surface area contributed by atoms with Gasteiger partial charge in [0.05, 0.1) is 19.8 Å². The summed E-state index contributed by atoms with van der Waals surface area (Å²) in [7, 11) is 0. The van der Waals surface area contributed by atoms with Crippen LogP contribution in [0.4, 0.5) is 0 Å². The van der Waals surface area contributed by atoms with Crippen molar-refractivity contribution in [1.82, 2.24) is 0 Å². The fourth-order valence-corrected chi connectivity index (χ4v) is 2.95. The van der Waals surface area contributed by atoms with E-state index in [0.717, 1.165) is 56.3 Å². The average Bonchev–Trinajstić information content (AvgIpc) is 2.67. The van der Waals surface area contributed by atoms with Gasteiger partial charge in [-0.25, -0.2) is 0 Å². The highest BCUT2D eigenvalue weighted by atomic mass is 16.5. The largest absolute Gasteiger partial charge is 0.493 e. The van der Waals surface area contributed by atoms with Gasteiger partial charge in [0, 0.05) is 18.2 Å². The lowest BCUT2D eigenvalue weighted by molar-refractivity contribution is 0.276. The van der Waals surface area contributed by atoms with Crippen LogP contribution in [0.3, 0.4) is 0 Å². The highest BCUT2D eigenvalue weighted by Gasteiger charge is 2.05. The number of benzene rings is 1. The molecule has 1 aromatic carbocycles. The first kappa shape index (κ1) is 23.7. The van der Waals surface area contributed by atoms with Gasteiger partial charge in [-0.15, -0.1) is 0 Å². The van der Waals surface area contributed by atoms with Crippen LogP contribution in [-0.2, 0) is 0 Å². The van der Waals surface area contributed by atoms with Crippen LogP contribution >= 0.6 is 0 Å². The maximum absolute atomic E-state index is 5.96. The molecule has 0 radical (unpaired) electrons. The van der Waals surface area contributed by atoms with E-state index in [1.165, 1.54) is 57.8 Å². The fraction of sp³-hybridized carbons (Fsp3) is 0.750. The molecule has 0 aliphatic rings. The first-order valence-electron chi connectivity index (χ1n) is 11.3. The fourth-order valence-electron chi connectivity index (χ4n) is 2.95. The van der Waals surface area contributed by atoms with E-state index in [1.54, 1.807) is 0 Å². The second-order valence-electron chi connectivity index (χ2n) is 7.37. The molecule has 0 unspecified atom stereocenters. The van der Waals surface area contributed by atoms with Gasteiger partial charge < -0.3 is 14.2 Å². The predicted octanol–water partition coefficient (Wildman–Crippen LogP) is 7.56. The highest BCUT2D eigenvalue weighted by Crippen LogP contribution is 2.28. The van der Waals surface area contributed by atoms with Gasteiger partial charge >= 0.3 is 0 Å². The lowest BCUT2D eigenvalue weighted by Crippen LogP contribution is -2.02. The molecule has 0 spiro atoms. The normalized spacial score (nSPS) is 10.8. The third-order valence-corrected chi connectivity index (χ3v) is 4.65. The van der Waals surface area contributed by atoms with Crippen molar-refractivity contribution >= 4 is 0 Å². The van der Waals surface area contributed by atoms with Crippen LogP contribution in [0.2, 0.25) is 0 Å². The van der Waals surface area contributed by atoms with Crippen LogP contribution in [-0.4, -0.2) is 19.8 Å². The summed E-state index contributed by atoms with van der Waals surface area (Å²) in [4.78, 5) is 0. The number of ether oxygens (including phenoxy) is 3. The molecule has 27 heavy (non-hydrogen) atoms. The zero-order chi connectivity index (χ0) is 19.6. The Bertz CT molecular complexity index is 380. The summed E-state index contributed by atoms with van der Waals surface area (Å²) in [6.45, 7) is 8.96. The molecule has 1 aromatic rings. The molecule has 0 atom stereocenters. The molecule has 0 heterocycles. The standard InChI is InChI=1S/C24H42O3/c1-4-7-10-13-16-25-22-19-23(26-17-14-11-8-5-2)21-24(20-22)27-18-15-12-9-6-3/h19-21H,4-18H2,1-3H3. The summed E-state index contributed by atoms with van der Waals surface area (Å²) < 4.78 is 17.9. The van der Waals surface area contributed by atoms with E-state index in [4.69, 9.17) is 14.2 Å². The Hall–Kier alpha value is -1.38. The summed E-state index contributed by atoms with van der Waals surface area (Å²) in [5.41, 5.74) is 0. The molecule has 156 valence electrons. The van der Waals surface area contributed by atoms with Crippen molar-refractivity contribution in [3.63, 3.8) is 0 Å². The minimum Gasteiger partial charge on any atom is -0.493 e. The van der Waals surface area contributed by atoms with Crippen molar-refractivity contribution in [3.8, 4) is 17.2 Å². The molecule has 3 heteroatoms. The van der Waals surface area contributed by atoms with E-state index in [9.17, 15) is 0 Å². The molecular formula is C24H42O3. The Morgan fingerprint density at radius 1 is 0.444 bits per heavy atom. The smallest absolute Gasteiger partial charge is 0.126 e. The van der Waals surface area contributed by atoms with E-state index in [1.807, 2.05) is 18.2 Å². The number of rotatable bonds is 18. The molecule has 0 saturated heterocycles. The SMILES string of the molecule is CCCCCCOc1cc(OCCCCCC)cc(OCCCCCC)c1. The number of unbranched alkanes of at least 4 members (excludes halogenated alkanes) is 9. The van der Waals surface area contributed by atoms with Crippen LogP contribution in [0.25, 0.3) is 0 Å². The lowest BCUT2D eigenvalue weighted by atomic mass is 10.2. The van der Waals surface area contributed by atoms with E-state index in [2.05, 4.69) is 20.8 Å². The maximum Gasteiger partial charge on any atom is 0.126 e. The van der Waals surface area contributed by atoms with E-state index in [0.29, 0.717) is 0 Å². The zero-order valence-corrected chi connectivity index (χ0v) is 18.1. The molecule has 0 aliphatic carbocycles. The van der Waals surface area contributed by atoms with Gasteiger partial charge in [-0.3, -0.25) is 0 Å². The minimum atomic E-state index is 0.760. The molecule has 0 aromatic heterocycles. The summed E-state index contributed by atoms with van der Waals surface area (Å²) in [5.74, 6) is 2.59. The first-order valence-corrected chi connectivity index (χ1v) is 11.3. The molecule has 3 nitrogen and oxygen atoms in total. The van der Waals surface area contributed by atoms with Crippen molar-refractivity contribution in [2.24, 2.45) is 0 Å². The summed E-state index contributed by atoms with van der Waals surface area (Å²) in [6.07, 6.45) is 14.5. The van der Waals surface area contributed by atoms with E-state index < -0.39 is 0 Å². The van der Waals surface area contributed by atoms with Crippen molar-refractivity contribution < 1.29 is 14.2 Å². The first-order chi connectivity index (χ1) is 13.3. The van der Waals surface area contributed by atoms with Crippen molar-refractivity contribution in [1.29, 1.82) is 0 Å². The summed E-state index contributed by atoms with van der Waals surface area (Å²) in [6, 6.07) is 6.01. The van der Waals surface area contributed by atoms with Gasteiger partial charge in [0.25, 0.3) is 0 Å². The highest BCUT2D eigenvalue weighted by molar-refractivity contribution is 5.42. The quantitative estimate of drug-likeness (QED) is 0.247. The predicted molar refractivity (Wildman–Crippen MR) is 115 cm³/mol. The summed E-state index contributed by atoms with van der Waals surface area (Å²) in [5, 5.41) is 0. The Balaban J connectivity index is 2.52. The molecular weight excluding hydrogens is 336 g/mol. The second kappa shape index (κ2) is 16.8. The summed E-state index contributed by atoms with van der Waals surface area (Å²) >= 11 is 0. The monoisotopic (exact) mass is 378 g/mol. The zero-order valence-electron chi connectivity index (χ0n) is 18.1. The number of hydrogen-bond acceptors (Lipinski definition) is 3. The van der Waals surface area contributed by atoms with Gasteiger partial charge in [0.2, 0.25) is 0 Å². The van der Waals surface area contributed by atoms with Crippen LogP contribution in [0.1, 0.15) is 97.8 Å². The maximum atomic E-state index is 5.96. The number of hydrogen-bond donors (Lipinski definition) is 0. The van der Waals surface area contributed by atoms with Crippen LogP contribution in [0.5, 0.6) is 17.2 Å². The Morgan fingerprint density at radius 3 is 1.00 bits per heavy atom. The van der Waals surface area contributed by atoms with Crippen LogP contribution in [0.15, 0.2) is 18.2 Å². The third-order valence-electron chi connectivity index (χ3n) is 4.65. The Labute approximate surface area is 167 Å². The van der Waals surface area contributed by atoms with Gasteiger partial charge in [0.1, 0.15) is 17.2 Å². The van der Waals surface area contributed by atoms with Gasteiger partial charge in [-0.05, 0) is 19.3 Å². The van der Waals surface area contributed by atoms with E-state index in [-0.39, 0.29) is 0 Å². The second-order valence-corrected chi connectivity index (χ2v) is 7.37. The molecule has 0 fully saturated rings. The third kappa shape index (κ3) is 12.6. The van der Waals surface area contributed by atoms with Crippen LogP contribution in [0, 0.1) is 0 Å². The molecule has 0 aliphatic heterocycles. The topological polar surface area (TPSA) is 27.7 Å². The average molecular weight is 379 g/mol. The van der Waals surface area contributed by atoms with Crippen LogP contribution < -0.4 is 14.2 Å². The van der Waals surface area contributed by atoms with Crippen molar-refractivity contribution in [3.05, 3.63) is 18.2 Å². The minimum absolute atomic E-state index is 0.760.